The number of nitrogens with two attached hydrogens (primary N) is 1. The molecule has 2 aromatic rings. The first-order chi connectivity index (χ1) is 19.4. The first kappa shape index (κ1) is 28.4. The number of unbranched alkanes of at least 4 members (excludes halogenated alkanes) is 1. The van der Waals surface area contributed by atoms with Gasteiger partial charge in [-0.1, -0.05) is 36.4 Å². The molecule has 10 nitrogen and oxygen atoms in total. The van der Waals surface area contributed by atoms with E-state index in [4.69, 9.17) is 15.2 Å². The molecule has 2 heterocycles. The number of carbonyl (C=O) groups excluding carboxylic acids is 2. The Morgan fingerprint density at radius 3 is 2.60 bits per heavy atom. The summed E-state index contributed by atoms with van der Waals surface area (Å²) in [5.41, 5.74) is 8.96. The number of allylic oxidation sites excluding steroid dienone is 4. The van der Waals surface area contributed by atoms with E-state index in [2.05, 4.69) is 26.6 Å². The highest BCUT2D eigenvalue weighted by Crippen LogP contribution is 2.25. The third-order valence-corrected chi connectivity index (χ3v) is 6.34. The van der Waals surface area contributed by atoms with Crippen LogP contribution in [0, 0.1) is 0 Å². The quantitative estimate of drug-likeness (QED) is 0.276. The summed E-state index contributed by atoms with van der Waals surface area (Å²) in [5, 5.41) is 5.60. The molecule has 0 spiro atoms. The average Bonchev–Trinajstić information content (AvgIpc) is 2.96. The fourth-order valence-electron chi connectivity index (χ4n) is 4.17. The zero-order chi connectivity index (χ0) is 28.3. The van der Waals surface area contributed by atoms with Crippen LogP contribution in [0.2, 0.25) is 0 Å². The van der Waals surface area contributed by atoms with Crippen molar-refractivity contribution in [3.05, 3.63) is 102 Å². The Morgan fingerprint density at radius 2 is 1.88 bits per heavy atom. The van der Waals surface area contributed by atoms with Gasteiger partial charge in [0.1, 0.15) is 12.0 Å². The monoisotopic (exact) mass is 544 g/mol. The Kier molecular flexibility index (Phi) is 9.95. The molecule has 1 aliphatic heterocycles. The van der Waals surface area contributed by atoms with Gasteiger partial charge < -0.3 is 30.3 Å². The van der Waals surface area contributed by atoms with E-state index in [1.165, 1.54) is 12.5 Å². The Bertz CT molecular complexity index is 1310. The molecule has 0 fully saturated rings. The van der Waals surface area contributed by atoms with Crippen LogP contribution in [0.1, 0.15) is 41.7 Å². The zero-order valence-corrected chi connectivity index (χ0v) is 22.9. The van der Waals surface area contributed by atoms with E-state index in [1.54, 1.807) is 47.5 Å². The van der Waals surface area contributed by atoms with Crippen LogP contribution in [0.5, 0.6) is 0 Å². The smallest absolute Gasteiger partial charge is 0.324 e. The lowest BCUT2D eigenvalue weighted by atomic mass is 10.0. The van der Waals surface area contributed by atoms with Gasteiger partial charge >= 0.3 is 6.03 Å². The molecule has 1 aliphatic carbocycles. The molecular weight excluding hydrogens is 508 g/mol. The molecular formula is C30H36N6O4. The van der Waals surface area contributed by atoms with Gasteiger partial charge in [-0.25, -0.2) is 4.79 Å². The number of anilines is 2. The highest BCUT2D eigenvalue weighted by atomic mass is 16.6. The van der Waals surface area contributed by atoms with Gasteiger partial charge in [0, 0.05) is 19.3 Å². The SMILES string of the molecule is CN(C)CCCCN(Cc1ccc(C(=O)Nc2ccccc2N)nc1)C(=O)NC1=COC=C(C2=CC=CCC2)O1. The van der Waals surface area contributed by atoms with Gasteiger partial charge in [0.05, 0.1) is 11.4 Å². The van der Waals surface area contributed by atoms with E-state index < -0.39 is 0 Å². The predicted octanol–water partition coefficient (Wildman–Crippen LogP) is 4.73. The summed E-state index contributed by atoms with van der Waals surface area (Å²) in [5.74, 6) is 0.438. The summed E-state index contributed by atoms with van der Waals surface area (Å²) >= 11 is 0. The molecule has 1 aromatic carbocycles. The standard InChI is InChI=1S/C30H36N6O4/c1-35(2)16-8-9-17-36(30(38)34-28-21-39-20-27(40-28)23-10-4-3-5-11-23)19-22-14-15-26(32-18-22)29(37)33-25-13-7-6-12-24(25)31/h3-4,6-7,10,12-15,18,20-21H,5,8-9,11,16-17,19,31H2,1-2H3,(H,33,37)(H,34,38). The minimum Gasteiger partial charge on any atom is -0.463 e. The van der Waals surface area contributed by atoms with Crippen molar-refractivity contribution in [3.8, 4) is 0 Å². The van der Waals surface area contributed by atoms with Gasteiger partial charge in [-0.05, 0) is 75.7 Å². The Hall–Kier alpha value is -4.57. The maximum atomic E-state index is 13.3. The van der Waals surface area contributed by atoms with E-state index in [0.717, 1.165) is 43.4 Å². The second kappa shape index (κ2) is 14.0. The van der Waals surface area contributed by atoms with Crippen molar-refractivity contribution in [2.45, 2.75) is 32.2 Å². The van der Waals surface area contributed by atoms with Crippen molar-refractivity contribution in [1.82, 2.24) is 20.1 Å². The molecule has 40 heavy (non-hydrogen) atoms. The van der Waals surface area contributed by atoms with Crippen molar-refractivity contribution in [3.63, 3.8) is 0 Å². The van der Waals surface area contributed by atoms with E-state index in [0.29, 0.717) is 30.2 Å². The van der Waals surface area contributed by atoms with Gasteiger partial charge in [-0.2, -0.15) is 0 Å². The number of hydrogen-bond acceptors (Lipinski definition) is 7. The lowest BCUT2D eigenvalue weighted by molar-refractivity contribution is 0.102. The number of hydrogen-bond donors (Lipinski definition) is 3. The number of urea groups is 1. The molecule has 0 radical (unpaired) electrons. The van der Waals surface area contributed by atoms with E-state index in [9.17, 15) is 9.59 Å². The number of rotatable bonds is 11. The number of ether oxygens (including phenoxy) is 2. The molecule has 0 saturated carbocycles. The molecule has 0 saturated heterocycles. The zero-order valence-electron chi connectivity index (χ0n) is 22.9. The highest BCUT2D eigenvalue weighted by Gasteiger charge is 2.21. The van der Waals surface area contributed by atoms with Crippen molar-refractivity contribution in [1.29, 1.82) is 0 Å². The third kappa shape index (κ3) is 8.21. The second-order valence-electron chi connectivity index (χ2n) is 9.82. The van der Waals surface area contributed by atoms with Gasteiger partial charge in [0.2, 0.25) is 5.88 Å². The molecule has 10 heteroatoms. The average molecular weight is 545 g/mol. The Balaban J connectivity index is 1.39. The summed E-state index contributed by atoms with van der Waals surface area (Å²) in [7, 11) is 4.05. The fourth-order valence-corrected chi connectivity index (χ4v) is 4.17. The Morgan fingerprint density at radius 1 is 1.05 bits per heavy atom. The minimum atomic E-state index is -0.364. The van der Waals surface area contributed by atoms with Gasteiger partial charge in [-0.3, -0.25) is 15.1 Å². The number of para-hydroxylation sites is 2. The van der Waals surface area contributed by atoms with Crippen molar-refractivity contribution in [2.75, 3.05) is 38.2 Å². The Labute approximate surface area is 234 Å². The summed E-state index contributed by atoms with van der Waals surface area (Å²) in [4.78, 5) is 34.1. The van der Waals surface area contributed by atoms with Crippen LogP contribution in [-0.4, -0.2) is 53.9 Å². The highest BCUT2D eigenvalue weighted by molar-refractivity contribution is 6.04. The second-order valence-corrected chi connectivity index (χ2v) is 9.82. The summed E-state index contributed by atoms with van der Waals surface area (Å²) in [6, 6.07) is 10.1. The number of benzene rings is 1. The molecule has 2 aliphatic rings. The maximum Gasteiger partial charge on any atom is 0.324 e. The number of nitrogens with zero attached hydrogens (tertiary/aromatic N) is 3. The molecule has 1 aromatic heterocycles. The van der Waals surface area contributed by atoms with E-state index in [1.807, 2.05) is 26.2 Å². The van der Waals surface area contributed by atoms with Crippen LogP contribution in [0.4, 0.5) is 16.2 Å². The van der Waals surface area contributed by atoms with Gasteiger partial charge in [0.25, 0.3) is 5.91 Å². The van der Waals surface area contributed by atoms with Gasteiger partial charge in [-0.15, -0.1) is 0 Å². The number of pyridine rings is 1. The largest absolute Gasteiger partial charge is 0.463 e. The lowest BCUT2D eigenvalue weighted by Gasteiger charge is -2.25. The summed E-state index contributed by atoms with van der Waals surface area (Å²) < 4.78 is 11.4. The molecule has 0 atom stereocenters. The molecule has 3 amide bonds. The van der Waals surface area contributed by atoms with Crippen molar-refractivity contribution >= 4 is 23.3 Å². The maximum absolute atomic E-state index is 13.3. The minimum absolute atomic E-state index is 0.224. The normalized spacial score (nSPS) is 14.3. The van der Waals surface area contributed by atoms with Crippen LogP contribution in [0.25, 0.3) is 0 Å². The van der Waals surface area contributed by atoms with Crippen LogP contribution in [0.3, 0.4) is 0 Å². The van der Waals surface area contributed by atoms with Gasteiger partial charge in [0.15, 0.2) is 12.0 Å². The number of aromatic nitrogens is 1. The number of nitrogen functional groups attached to an aromatic ring is 1. The van der Waals surface area contributed by atoms with E-state index >= 15 is 0 Å². The summed E-state index contributed by atoms with van der Waals surface area (Å²) in [6.07, 6.45) is 14.1. The van der Waals surface area contributed by atoms with Crippen LogP contribution < -0.4 is 16.4 Å². The van der Waals surface area contributed by atoms with E-state index in [-0.39, 0.29) is 23.5 Å². The molecule has 4 N–H and O–H groups in total. The number of amides is 3. The molecule has 4 rings (SSSR count). The molecule has 210 valence electrons. The fraction of sp³-hybridized carbons (Fsp3) is 0.300. The first-order valence-corrected chi connectivity index (χ1v) is 13.3. The van der Waals surface area contributed by atoms with Crippen molar-refractivity contribution in [2.24, 2.45) is 0 Å². The number of carbonyl (C=O) groups is 2. The van der Waals surface area contributed by atoms with Crippen LogP contribution in [-0.2, 0) is 16.0 Å². The third-order valence-electron chi connectivity index (χ3n) is 6.34. The lowest BCUT2D eigenvalue weighted by Crippen LogP contribution is -2.40. The predicted molar refractivity (Wildman–Crippen MR) is 155 cm³/mol. The topological polar surface area (TPSA) is 122 Å². The molecule has 0 bridgehead atoms. The number of nitrogens with one attached hydrogen (secondary N) is 2. The first-order valence-electron chi connectivity index (χ1n) is 13.3. The molecule has 0 unspecified atom stereocenters. The van der Waals surface area contributed by atoms with Crippen LogP contribution in [0.15, 0.2) is 90.6 Å². The van der Waals surface area contributed by atoms with Crippen molar-refractivity contribution < 1.29 is 19.1 Å². The summed E-state index contributed by atoms with van der Waals surface area (Å²) in [6.45, 7) is 1.76. The van der Waals surface area contributed by atoms with Crippen LogP contribution >= 0.6 is 0 Å².